The molecule has 40 heavy (non-hydrogen) atoms. The van der Waals surface area contributed by atoms with Crippen LogP contribution in [0.3, 0.4) is 0 Å². The van der Waals surface area contributed by atoms with E-state index in [2.05, 4.69) is 23.9 Å². The average Bonchev–Trinajstić information content (AvgIpc) is 3.35. The third-order valence-corrected chi connectivity index (χ3v) is 7.93. The predicted molar refractivity (Wildman–Crippen MR) is 156 cm³/mol. The van der Waals surface area contributed by atoms with Crippen molar-refractivity contribution in [3.63, 3.8) is 0 Å². The van der Waals surface area contributed by atoms with Crippen LogP contribution < -0.4 is 0 Å². The minimum Gasteiger partial charge on any atom is -0.306 e. The number of unbranched alkanes of at least 4 members (excludes halogenated alkanes) is 5. The fourth-order valence-electron chi connectivity index (χ4n) is 5.58. The molecule has 0 saturated heterocycles. The Hall–Kier alpha value is -3.36. The smallest absolute Gasteiger partial charge is 0.261 e. The topological polar surface area (TPSA) is 81.2 Å². The minimum absolute atomic E-state index is 0.171. The fraction of sp³-hybridized carbons (Fsp3) is 0.500. The summed E-state index contributed by atoms with van der Waals surface area (Å²) in [4.78, 5) is 57.2. The van der Waals surface area contributed by atoms with Gasteiger partial charge in [0.05, 0.1) is 22.3 Å². The van der Waals surface area contributed by atoms with Crippen molar-refractivity contribution < 1.29 is 19.2 Å². The van der Waals surface area contributed by atoms with Gasteiger partial charge in [0.2, 0.25) is 0 Å². The van der Waals surface area contributed by atoms with Crippen molar-refractivity contribution in [3.05, 3.63) is 70.8 Å². The molecule has 0 N–H and O–H groups in total. The summed E-state index contributed by atoms with van der Waals surface area (Å²) in [6, 6.07) is 14.1. The van der Waals surface area contributed by atoms with Gasteiger partial charge < -0.3 is 9.80 Å². The lowest BCUT2D eigenvalue weighted by atomic mass is 10.1. The zero-order chi connectivity index (χ0) is 28.5. The highest BCUT2D eigenvalue weighted by molar-refractivity contribution is 6.22. The molecule has 0 spiro atoms. The molecule has 8 nitrogen and oxygen atoms in total. The molecule has 2 heterocycles. The second-order valence-corrected chi connectivity index (χ2v) is 11.1. The molecule has 4 amide bonds. The maximum Gasteiger partial charge on any atom is 0.261 e. The van der Waals surface area contributed by atoms with Crippen LogP contribution in [0.5, 0.6) is 0 Å². The molecule has 2 aromatic rings. The molecule has 4 rings (SSSR count). The lowest BCUT2D eigenvalue weighted by Gasteiger charge is -2.19. The van der Waals surface area contributed by atoms with Crippen molar-refractivity contribution in [2.24, 2.45) is 0 Å². The molecule has 214 valence electrons. The van der Waals surface area contributed by atoms with Crippen LogP contribution in [0.2, 0.25) is 0 Å². The van der Waals surface area contributed by atoms with E-state index in [0.717, 1.165) is 51.9 Å². The fourth-order valence-corrected chi connectivity index (χ4v) is 5.58. The maximum absolute atomic E-state index is 12.5. The number of amides is 4. The number of rotatable bonds is 17. The zero-order valence-electron chi connectivity index (χ0n) is 23.9. The largest absolute Gasteiger partial charge is 0.306 e. The lowest BCUT2D eigenvalue weighted by molar-refractivity contribution is 0.0633. The molecule has 2 aliphatic heterocycles. The van der Waals surface area contributed by atoms with E-state index in [9.17, 15) is 19.2 Å². The van der Waals surface area contributed by atoms with Crippen molar-refractivity contribution in [1.82, 2.24) is 19.6 Å². The van der Waals surface area contributed by atoms with E-state index < -0.39 is 0 Å². The highest BCUT2D eigenvalue weighted by Gasteiger charge is 2.35. The van der Waals surface area contributed by atoms with Gasteiger partial charge in [-0.25, -0.2) is 0 Å². The van der Waals surface area contributed by atoms with E-state index in [0.29, 0.717) is 35.3 Å². The monoisotopic (exact) mass is 546 g/mol. The Bertz CT molecular complexity index is 1050. The van der Waals surface area contributed by atoms with Crippen LogP contribution in [0.1, 0.15) is 92.8 Å². The van der Waals surface area contributed by atoms with Gasteiger partial charge >= 0.3 is 0 Å². The van der Waals surface area contributed by atoms with Crippen LogP contribution in [0, 0.1) is 0 Å². The predicted octanol–water partition coefficient (Wildman–Crippen LogP) is 4.56. The molecule has 0 aliphatic carbocycles. The van der Waals surface area contributed by atoms with E-state index >= 15 is 0 Å². The SMILES string of the molecule is CN(CCCCCCCCN(C)CCCN1C(=O)c2ccccc2C1=O)CCCN1C(=O)c2ccccc2C1=O. The Labute approximate surface area is 237 Å². The highest BCUT2D eigenvalue weighted by Crippen LogP contribution is 2.23. The van der Waals surface area contributed by atoms with Gasteiger partial charge in [0, 0.05) is 13.1 Å². The molecule has 0 fully saturated rings. The summed E-state index contributed by atoms with van der Waals surface area (Å²) in [7, 11) is 4.21. The Balaban J connectivity index is 0.971. The second kappa shape index (κ2) is 14.3. The number of nitrogens with zero attached hydrogens (tertiary/aromatic N) is 4. The summed E-state index contributed by atoms with van der Waals surface area (Å²) in [6.45, 7) is 4.72. The number of hydrogen-bond acceptors (Lipinski definition) is 6. The van der Waals surface area contributed by atoms with Gasteiger partial charge in [-0.3, -0.25) is 29.0 Å². The first-order chi connectivity index (χ1) is 19.4. The van der Waals surface area contributed by atoms with E-state index in [1.165, 1.54) is 35.5 Å². The Morgan fingerprint density at radius 2 is 0.725 bits per heavy atom. The summed E-state index contributed by atoms with van der Waals surface area (Å²) >= 11 is 0. The van der Waals surface area contributed by atoms with E-state index in [4.69, 9.17) is 0 Å². The van der Waals surface area contributed by atoms with E-state index in [1.54, 1.807) is 48.5 Å². The molecule has 8 heteroatoms. The standard InChI is InChI=1S/C32H42N4O4/c1-33(21-13-23-35-29(37)25-15-7-8-16-26(25)30(35)38)19-11-5-3-4-6-12-20-34(2)22-14-24-36-31(39)27-17-9-10-18-28(27)32(36)40/h7-10,15-18H,3-6,11-14,19-24H2,1-2H3. The maximum atomic E-state index is 12.5. The Kier molecular flexibility index (Phi) is 10.6. The molecule has 0 bridgehead atoms. The van der Waals surface area contributed by atoms with Gasteiger partial charge in [-0.1, -0.05) is 49.9 Å². The molecule has 2 aliphatic rings. The van der Waals surface area contributed by atoms with Crippen LogP contribution in [-0.2, 0) is 0 Å². The molecule has 0 saturated carbocycles. The first-order valence-corrected chi connectivity index (χ1v) is 14.7. The number of fused-ring (bicyclic) bond motifs is 2. The van der Waals surface area contributed by atoms with Crippen molar-refractivity contribution in [2.75, 3.05) is 53.4 Å². The molecular formula is C32H42N4O4. The number of carbonyl (C=O) groups is 4. The second-order valence-electron chi connectivity index (χ2n) is 11.1. The summed E-state index contributed by atoms with van der Waals surface area (Å²) in [5.74, 6) is -0.682. The molecule has 0 radical (unpaired) electrons. The molecule has 0 atom stereocenters. The van der Waals surface area contributed by atoms with Gasteiger partial charge in [-0.05, 0) is 90.2 Å². The number of imide groups is 2. The van der Waals surface area contributed by atoms with Crippen LogP contribution in [-0.4, -0.2) is 96.6 Å². The summed E-state index contributed by atoms with van der Waals surface area (Å²) in [6.07, 6.45) is 8.75. The van der Waals surface area contributed by atoms with Crippen molar-refractivity contribution in [1.29, 1.82) is 0 Å². The van der Waals surface area contributed by atoms with Crippen molar-refractivity contribution in [2.45, 2.75) is 51.4 Å². The summed E-state index contributed by atoms with van der Waals surface area (Å²) in [5.41, 5.74) is 2.08. The molecule has 0 aromatic heterocycles. The Morgan fingerprint density at radius 1 is 0.450 bits per heavy atom. The van der Waals surface area contributed by atoms with Crippen LogP contribution in [0.15, 0.2) is 48.5 Å². The van der Waals surface area contributed by atoms with Crippen LogP contribution in [0.4, 0.5) is 0 Å². The van der Waals surface area contributed by atoms with Crippen molar-refractivity contribution >= 4 is 23.6 Å². The number of hydrogen-bond donors (Lipinski definition) is 0. The Morgan fingerprint density at radius 3 is 1.05 bits per heavy atom. The summed E-state index contributed by atoms with van der Waals surface area (Å²) < 4.78 is 0. The highest BCUT2D eigenvalue weighted by atomic mass is 16.2. The number of carbonyl (C=O) groups excluding carboxylic acids is 4. The van der Waals surface area contributed by atoms with E-state index in [1.807, 2.05) is 0 Å². The lowest BCUT2D eigenvalue weighted by Crippen LogP contribution is -2.33. The third kappa shape index (κ3) is 7.23. The van der Waals surface area contributed by atoms with Crippen LogP contribution >= 0.6 is 0 Å². The summed E-state index contributed by atoms with van der Waals surface area (Å²) in [5, 5.41) is 0. The van der Waals surface area contributed by atoms with Gasteiger partial charge in [0.25, 0.3) is 23.6 Å². The zero-order valence-corrected chi connectivity index (χ0v) is 23.9. The van der Waals surface area contributed by atoms with Gasteiger partial charge in [-0.15, -0.1) is 0 Å². The molecule has 0 unspecified atom stereocenters. The van der Waals surface area contributed by atoms with Gasteiger partial charge in [0.1, 0.15) is 0 Å². The first-order valence-electron chi connectivity index (χ1n) is 14.7. The van der Waals surface area contributed by atoms with Crippen molar-refractivity contribution in [3.8, 4) is 0 Å². The third-order valence-electron chi connectivity index (χ3n) is 7.93. The average molecular weight is 547 g/mol. The molecule has 2 aromatic carbocycles. The van der Waals surface area contributed by atoms with E-state index in [-0.39, 0.29) is 23.6 Å². The first kappa shape index (κ1) is 29.6. The van der Waals surface area contributed by atoms with Crippen LogP contribution in [0.25, 0.3) is 0 Å². The normalized spacial score (nSPS) is 14.7. The van der Waals surface area contributed by atoms with Gasteiger partial charge in [-0.2, -0.15) is 0 Å². The van der Waals surface area contributed by atoms with Gasteiger partial charge in [0.15, 0.2) is 0 Å². The quantitative estimate of drug-likeness (QED) is 0.214. The number of benzene rings is 2. The minimum atomic E-state index is -0.171. The molecular weight excluding hydrogens is 504 g/mol.